The van der Waals surface area contributed by atoms with Gasteiger partial charge in [0.2, 0.25) is 0 Å². The van der Waals surface area contributed by atoms with Crippen molar-refractivity contribution < 1.29 is 19.8 Å². The van der Waals surface area contributed by atoms with Gasteiger partial charge in [0, 0.05) is 17.3 Å². The molecule has 1 unspecified atom stereocenters. The number of carbonyl (C=O) groups is 2. The number of carboxylic acids is 2. The van der Waals surface area contributed by atoms with Gasteiger partial charge in [-0.25, -0.2) is 4.98 Å². The molecule has 1 rings (SSSR count). The minimum atomic E-state index is -0.867. The first kappa shape index (κ1) is 15.6. The fraction of sp³-hybridized carbons (Fsp3) is 0.583. The van der Waals surface area contributed by atoms with Crippen LogP contribution in [-0.4, -0.2) is 52.2 Å². The second-order valence-corrected chi connectivity index (χ2v) is 5.74. The summed E-state index contributed by atoms with van der Waals surface area (Å²) in [5.41, 5.74) is 0.745. The summed E-state index contributed by atoms with van der Waals surface area (Å²) >= 11 is 1.39. The Bertz CT molecular complexity index is 472. The maximum absolute atomic E-state index is 10.7. The minimum absolute atomic E-state index is 0.0127. The van der Waals surface area contributed by atoms with Crippen molar-refractivity contribution in [2.75, 3.05) is 20.1 Å². The Morgan fingerprint density at radius 2 is 2.00 bits per heavy atom. The average molecular weight is 286 g/mol. The summed E-state index contributed by atoms with van der Waals surface area (Å²) in [4.78, 5) is 28.1. The third-order valence-corrected chi connectivity index (χ3v) is 4.02. The Hall–Kier alpha value is -1.47. The molecular weight excluding hydrogens is 268 g/mol. The van der Waals surface area contributed by atoms with E-state index in [9.17, 15) is 9.59 Å². The third kappa shape index (κ3) is 4.96. The van der Waals surface area contributed by atoms with Gasteiger partial charge >= 0.3 is 11.9 Å². The molecule has 0 saturated carbocycles. The lowest BCUT2D eigenvalue weighted by Crippen LogP contribution is -2.29. The number of aliphatic carboxylic acids is 2. The molecular formula is C12H18N2O4S. The van der Waals surface area contributed by atoms with Crippen LogP contribution in [0.4, 0.5) is 0 Å². The van der Waals surface area contributed by atoms with Gasteiger partial charge in [-0.1, -0.05) is 6.92 Å². The zero-order chi connectivity index (χ0) is 14.6. The maximum Gasteiger partial charge on any atom is 0.317 e. The monoisotopic (exact) mass is 286 g/mol. The average Bonchev–Trinajstić information content (AvgIpc) is 2.58. The zero-order valence-corrected chi connectivity index (χ0v) is 12.0. The molecule has 0 bridgehead atoms. The van der Waals surface area contributed by atoms with Gasteiger partial charge in [0.05, 0.1) is 23.7 Å². The molecule has 1 heterocycles. The first-order valence-corrected chi connectivity index (χ1v) is 6.69. The van der Waals surface area contributed by atoms with Crippen LogP contribution < -0.4 is 0 Å². The van der Waals surface area contributed by atoms with Crippen LogP contribution >= 0.6 is 11.3 Å². The number of hydrogen-bond acceptors (Lipinski definition) is 5. The van der Waals surface area contributed by atoms with Crippen molar-refractivity contribution in [1.29, 1.82) is 0 Å². The molecule has 0 aliphatic carbocycles. The molecule has 0 aromatic carbocycles. The van der Waals surface area contributed by atoms with Crippen LogP contribution in [0.25, 0.3) is 0 Å². The molecule has 0 spiro atoms. The van der Waals surface area contributed by atoms with Crippen LogP contribution in [0.3, 0.4) is 0 Å². The third-order valence-electron chi connectivity index (χ3n) is 2.63. The highest BCUT2D eigenvalue weighted by atomic mass is 32.1. The number of aryl methyl sites for hydroxylation is 1. The second-order valence-electron chi connectivity index (χ2n) is 4.62. The summed E-state index contributed by atoms with van der Waals surface area (Å²) < 4.78 is 0. The number of likely N-dealkylation sites (N-methyl/N-ethyl adjacent to an activating group) is 1. The zero-order valence-electron chi connectivity index (χ0n) is 11.2. The minimum Gasteiger partial charge on any atom is -0.481 e. The molecule has 1 aromatic rings. The van der Waals surface area contributed by atoms with Crippen molar-refractivity contribution in [2.24, 2.45) is 0 Å². The first-order valence-electron chi connectivity index (χ1n) is 5.88. The van der Waals surface area contributed by atoms with Crippen LogP contribution in [0.15, 0.2) is 0 Å². The van der Waals surface area contributed by atoms with Crippen molar-refractivity contribution in [2.45, 2.75) is 26.2 Å². The van der Waals surface area contributed by atoms with Gasteiger partial charge in [0.1, 0.15) is 0 Å². The molecule has 1 aromatic heterocycles. The van der Waals surface area contributed by atoms with Gasteiger partial charge in [-0.15, -0.1) is 11.3 Å². The molecule has 19 heavy (non-hydrogen) atoms. The quantitative estimate of drug-likeness (QED) is 0.782. The van der Waals surface area contributed by atoms with Crippen molar-refractivity contribution in [3.63, 3.8) is 0 Å². The van der Waals surface area contributed by atoms with Crippen LogP contribution in [-0.2, 0) is 16.0 Å². The second kappa shape index (κ2) is 6.63. The molecule has 0 aliphatic rings. The van der Waals surface area contributed by atoms with E-state index in [1.165, 1.54) is 11.3 Å². The maximum atomic E-state index is 10.7. The topological polar surface area (TPSA) is 90.7 Å². The Balaban J connectivity index is 2.69. The van der Waals surface area contributed by atoms with E-state index >= 15 is 0 Å². The van der Waals surface area contributed by atoms with Gasteiger partial charge in [-0.3, -0.25) is 14.5 Å². The highest BCUT2D eigenvalue weighted by Crippen LogP contribution is 2.25. The van der Waals surface area contributed by atoms with Crippen molar-refractivity contribution >= 4 is 23.3 Å². The van der Waals surface area contributed by atoms with Gasteiger partial charge in [-0.05, 0) is 14.0 Å². The number of aromatic nitrogens is 1. The summed E-state index contributed by atoms with van der Waals surface area (Å²) in [6, 6.07) is 0. The number of hydrogen-bond donors (Lipinski definition) is 2. The molecule has 0 amide bonds. The van der Waals surface area contributed by atoms with E-state index in [2.05, 4.69) is 4.98 Å². The van der Waals surface area contributed by atoms with Crippen LogP contribution in [0.5, 0.6) is 0 Å². The van der Waals surface area contributed by atoms with Gasteiger partial charge < -0.3 is 10.2 Å². The summed E-state index contributed by atoms with van der Waals surface area (Å²) in [6.45, 7) is 4.32. The molecule has 6 nitrogen and oxygen atoms in total. The van der Waals surface area contributed by atoms with Gasteiger partial charge in [0.25, 0.3) is 0 Å². The molecule has 0 radical (unpaired) electrons. The lowest BCUT2D eigenvalue weighted by molar-refractivity contribution is -0.138. The molecule has 0 aliphatic heterocycles. The lowest BCUT2D eigenvalue weighted by Gasteiger charge is -2.17. The number of carboxylic acid groups (broad SMARTS) is 2. The summed E-state index contributed by atoms with van der Waals surface area (Å²) in [7, 11) is 1.74. The lowest BCUT2D eigenvalue weighted by atomic mass is 10.2. The highest BCUT2D eigenvalue weighted by Gasteiger charge is 2.17. The molecule has 0 saturated heterocycles. The van der Waals surface area contributed by atoms with Crippen molar-refractivity contribution in [3.8, 4) is 0 Å². The normalized spacial score (nSPS) is 12.6. The number of nitrogens with zero attached hydrogens (tertiary/aromatic N) is 2. The predicted molar refractivity (Wildman–Crippen MR) is 71.7 cm³/mol. The molecule has 1 atom stereocenters. The first-order chi connectivity index (χ1) is 8.79. The van der Waals surface area contributed by atoms with E-state index in [4.69, 9.17) is 10.2 Å². The summed E-state index contributed by atoms with van der Waals surface area (Å²) in [5.74, 6) is -1.65. The van der Waals surface area contributed by atoms with Crippen molar-refractivity contribution in [1.82, 2.24) is 9.88 Å². The molecule has 2 N–H and O–H groups in total. The summed E-state index contributed by atoms with van der Waals surface area (Å²) in [6.07, 6.45) is -0.0127. The van der Waals surface area contributed by atoms with E-state index in [0.717, 1.165) is 15.6 Å². The largest absolute Gasteiger partial charge is 0.481 e. The molecule has 7 heteroatoms. The Morgan fingerprint density at radius 1 is 1.37 bits per heavy atom. The fourth-order valence-corrected chi connectivity index (χ4v) is 2.90. The Labute approximate surface area is 115 Å². The summed E-state index contributed by atoms with van der Waals surface area (Å²) in [5, 5.41) is 18.3. The van der Waals surface area contributed by atoms with E-state index in [0.29, 0.717) is 6.54 Å². The predicted octanol–water partition coefficient (Wildman–Crippen LogP) is 1.20. The highest BCUT2D eigenvalue weighted by molar-refractivity contribution is 7.11. The molecule has 0 fully saturated rings. The van der Waals surface area contributed by atoms with Crippen LogP contribution in [0.2, 0.25) is 0 Å². The Kier molecular flexibility index (Phi) is 5.44. The van der Waals surface area contributed by atoms with E-state index in [-0.39, 0.29) is 18.9 Å². The smallest absolute Gasteiger partial charge is 0.317 e. The van der Waals surface area contributed by atoms with Gasteiger partial charge in [0.15, 0.2) is 0 Å². The van der Waals surface area contributed by atoms with E-state index < -0.39 is 11.9 Å². The van der Waals surface area contributed by atoms with Crippen molar-refractivity contribution in [3.05, 3.63) is 15.6 Å². The Morgan fingerprint density at radius 3 is 2.53 bits per heavy atom. The van der Waals surface area contributed by atoms with E-state index in [1.807, 2.05) is 6.92 Å². The number of rotatable bonds is 7. The number of thiazole rings is 1. The fourth-order valence-electron chi connectivity index (χ4n) is 1.80. The SMILES string of the molecule is Cc1nc(C(C)CN(C)CC(=O)O)sc1CC(=O)O. The van der Waals surface area contributed by atoms with Crippen LogP contribution in [0.1, 0.15) is 28.4 Å². The molecule has 106 valence electrons. The standard InChI is InChI=1S/C12H18N2O4S/c1-7(5-14(3)6-11(17)18)12-13-8(2)9(19-12)4-10(15)16/h7H,4-6H2,1-3H3,(H,15,16)(H,17,18). The van der Waals surface area contributed by atoms with Gasteiger partial charge in [-0.2, -0.15) is 0 Å². The van der Waals surface area contributed by atoms with Crippen LogP contribution in [0, 0.1) is 6.92 Å². The van der Waals surface area contributed by atoms with E-state index in [1.54, 1.807) is 18.9 Å².